The minimum atomic E-state index is -0.808. The molecule has 428 valence electrons. The summed E-state index contributed by atoms with van der Waals surface area (Å²) in [6.07, 6.45) is 89.9. The van der Waals surface area contributed by atoms with Gasteiger partial charge in [-0.2, -0.15) is 0 Å². The van der Waals surface area contributed by atoms with Crippen LogP contribution in [0, 0.1) is 0 Å². The molecule has 0 fully saturated rings. The molecule has 1 atom stereocenters. The van der Waals surface area contributed by atoms with Gasteiger partial charge in [-0.15, -0.1) is 0 Å². The van der Waals surface area contributed by atoms with Gasteiger partial charge in [0.15, 0.2) is 6.10 Å². The Bertz CT molecular complexity index is 1680. The van der Waals surface area contributed by atoms with E-state index >= 15 is 0 Å². The van der Waals surface area contributed by atoms with Crippen molar-refractivity contribution >= 4 is 17.9 Å². The third-order valence-corrected chi connectivity index (χ3v) is 12.5. The molecule has 0 aliphatic rings. The van der Waals surface area contributed by atoms with E-state index in [9.17, 15) is 14.4 Å². The third-order valence-electron chi connectivity index (χ3n) is 12.5. The van der Waals surface area contributed by atoms with Crippen LogP contribution in [-0.4, -0.2) is 37.2 Å². The topological polar surface area (TPSA) is 78.9 Å². The van der Waals surface area contributed by atoms with Gasteiger partial charge in [0.05, 0.1) is 0 Å². The van der Waals surface area contributed by atoms with Crippen LogP contribution in [0.2, 0.25) is 0 Å². The van der Waals surface area contributed by atoms with E-state index in [2.05, 4.69) is 167 Å². The van der Waals surface area contributed by atoms with Crippen LogP contribution < -0.4 is 0 Å². The number of hydrogen-bond acceptors (Lipinski definition) is 6. The molecule has 0 heterocycles. The van der Waals surface area contributed by atoms with Gasteiger partial charge in [-0.05, 0) is 148 Å². The van der Waals surface area contributed by atoms with Crippen LogP contribution in [0.15, 0.2) is 146 Å². The number of esters is 3. The number of ether oxygens (including phenoxy) is 3. The number of allylic oxidation sites excluding steroid dienone is 24. The van der Waals surface area contributed by atoms with Crippen molar-refractivity contribution in [2.75, 3.05) is 13.2 Å². The fraction of sp³-hybridized carbons (Fsp3) is 0.614. The number of hydrogen-bond donors (Lipinski definition) is 0. The van der Waals surface area contributed by atoms with Crippen molar-refractivity contribution in [3.05, 3.63) is 146 Å². The molecule has 0 radical (unpaired) electrons. The molecule has 0 amide bonds. The lowest BCUT2D eigenvalue weighted by atomic mass is 10.1. The Hall–Kier alpha value is -4.71. The minimum absolute atomic E-state index is 0.103. The summed E-state index contributed by atoms with van der Waals surface area (Å²) in [5.74, 6) is -0.964. The molecule has 0 saturated heterocycles. The van der Waals surface area contributed by atoms with E-state index in [1.54, 1.807) is 0 Å². The summed E-state index contributed by atoms with van der Waals surface area (Å²) >= 11 is 0. The van der Waals surface area contributed by atoms with Crippen LogP contribution in [-0.2, 0) is 28.6 Å². The van der Waals surface area contributed by atoms with E-state index in [1.807, 2.05) is 0 Å². The van der Waals surface area contributed by atoms with Gasteiger partial charge in [-0.3, -0.25) is 14.4 Å². The molecular formula is C70H112O6. The monoisotopic (exact) mass is 1050 g/mol. The van der Waals surface area contributed by atoms with Gasteiger partial charge in [-0.25, -0.2) is 0 Å². The highest BCUT2D eigenvalue weighted by atomic mass is 16.6. The second kappa shape index (κ2) is 62.8. The van der Waals surface area contributed by atoms with E-state index in [-0.39, 0.29) is 31.1 Å². The minimum Gasteiger partial charge on any atom is -0.462 e. The summed E-state index contributed by atoms with van der Waals surface area (Å²) in [6.45, 7) is 6.42. The zero-order valence-electron chi connectivity index (χ0n) is 49.0. The van der Waals surface area contributed by atoms with Crippen molar-refractivity contribution in [1.29, 1.82) is 0 Å². The summed E-state index contributed by atoms with van der Waals surface area (Å²) in [7, 11) is 0. The average molecular weight is 1050 g/mol. The number of carbonyl (C=O) groups excluding carboxylic acids is 3. The highest BCUT2D eigenvalue weighted by Gasteiger charge is 2.19. The van der Waals surface area contributed by atoms with E-state index in [0.717, 1.165) is 161 Å². The highest BCUT2D eigenvalue weighted by molar-refractivity contribution is 5.71. The van der Waals surface area contributed by atoms with Crippen molar-refractivity contribution in [3.8, 4) is 0 Å². The van der Waals surface area contributed by atoms with Crippen LogP contribution in [0.5, 0.6) is 0 Å². The highest BCUT2D eigenvalue weighted by Crippen LogP contribution is 2.13. The maximum atomic E-state index is 12.9. The van der Waals surface area contributed by atoms with Crippen LogP contribution in [0.4, 0.5) is 0 Å². The van der Waals surface area contributed by atoms with Gasteiger partial charge in [0.1, 0.15) is 13.2 Å². The molecule has 0 rings (SSSR count). The molecule has 6 heteroatoms. The predicted octanol–water partition coefficient (Wildman–Crippen LogP) is 21.2. The molecule has 0 saturated carbocycles. The van der Waals surface area contributed by atoms with E-state index in [0.29, 0.717) is 19.3 Å². The lowest BCUT2D eigenvalue weighted by molar-refractivity contribution is -0.167. The lowest BCUT2D eigenvalue weighted by Crippen LogP contribution is -2.30. The third kappa shape index (κ3) is 60.2. The van der Waals surface area contributed by atoms with Gasteiger partial charge in [0, 0.05) is 19.3 Å². The summed E-state index contributed by atoms with van der Waals surface area (Å²) in [6, 6.07) is 0. The maximum absolute atomic E-state index is 12.9. The van der Waals surface area contributed by atoms with Gasteiger partial charge in [0.25, 0.3) is 0 Å². The standard InChI is InChI=1S/C70H112O6/c1-4-7-10-13-16-19-22-25-27-28-29-30-31-32-33-34-35-36-37-38-39-40-41-42-44-45-48-51-54-57-60-63-69(72)75-66-67(65-74-68(71)62-59-56-53-50-47-24-21-18-15-12-9-6-3)76-70(73)64-61-58-55-52-49-46-43-26-23-20-17-14-11-8-5-2/h7,10,16-21,25-27,29-30,32-33,35-36,38-39,41-43,45,48,67H,4-6,8-9,11-15,22-24,28,31,34,37,40,44,46-47,49-66H2,1-3H3/b10-7-,19-16-,20-17-,21-18-,27-25-,30-29-,33-32-,36-35-,39-38-,42-41-,43-26-,48-45-. The molecule has 1 unspecified atom stereocenters. The fourth-order valence-corrected chi connectivity index (χ4v) is 7.93. The number of unbranched alkanes of at least 4 members (excludes halogenated alkanes) is 19. The zero-order chi connectivity index (χ0) is 55.0. The molecule has 0 bridgehead atoms. The maximum Gasteiger partial charge on any atom is 0.306 e. The number of rotatable bonds is 54. The average Bonchev–Trinajstić information content (AvgIpc) is 3.42. The second-order valence-electron chi connectivity index (χ2n) is 19.9. The molecule has 0 aromatic rings. The van der Waals surface area contributed by atoms with Gasteiger partial charge in [-0.1, -0.05) is 237 Å². The first-order valence-electron chi connectivity index (χ1n) is 30.8. The molecule has 0 spiro atoms. The van der Waals surface area contributed by atoms with Crippen molar-refractivity contribution < 1.29 is 28.6 Å². The Morgan fingerprint density at radius 1 is 0.276 bits per heavy atom. The quantitative estimate of drug-likeness (QED) is 0.0261. The van der Waals surface area contributed by atoms with Crippen molar-refractivity contribution in [2.24, 2.45) is 0 Å². The Morgan fingerprint density at radius 2 is 0.513 bits per heavy atom. The Kier molecular flexibility index (Phi) is 58.9. The Morgan fingerprint density at radius 3 is 0.829 bits per heavy atom. The van der Waals surface area contributed by atoms with Crippen molar-refractivity contribution in [3.63, 3.8) is 0 Å². The van der Waals surface area contributed by atoms with Crippen molar-refractivity contribution in [2.45, 2.75) is 264 Å². The fourth-order valence-electron chi connectivity index (χ4n) is 7.93. The largest absolute Gasteiger partial charge is 0.462 e. The summed E-state index contributed by atoms with van der Waals surface area (Å²) < 4.78 is 16.8. The van der Waals surface area contributed by atoms with Crippen molar-refractivity contribution in [1.82, 2.24) is 0 Å². The first kappa shape index (κ1) is 71.3. The summed E-state index contributed by atoms with van der Waals surface area (Å²) in [4.78, 5) is 38.2. The van der Waals surface area contributed by atoms with Crippen LogP contribution >= 0.6 is 0 Å². The van der Waals surface area contributed by atoms with Crippen LogP contribution in [0.1, 0.15) is 258 Å². The Labute approximate surface area is 467 Å². The summed E-state index contributed by atoms with van der Waals surface area (Å²) in [5.41, 5.74) is 0. The lowest BCUT2D eigenvalue weighted by Gasteiger charge is -2.18. The van der Waals surface area contributed by atoms with Crippen LogP contribution in [0.3, 0.4) is 0 Å². The first-order valence-corrected chi connectivity index (χ1v) is 30.8. The Balaban J connectivity index is 4.39. The predicted molar refractivity (Wildman–Crippen MR) is 329 cm³/mol. The zero-order valence-corrected chi connectivity index (χ0v) is 49.0. The molecule has 0 aromatic heterocycles. The molecule has 0 N–H and O–H groups in total. The molecular weight excluding hydrogens is 937 g/mol. The number of carbonyl (C=O) groups is 3. The van der Waals surface area contributed by atoms with E-state index < -0.39 is 6.10 Å². The molecule has 0 aliphatic carbocycles. The van der Waals surface area contributed by atoms with E-state index in [1.165, 1.54) is 57.8 Å². The first-order chi connectivity index (χ1) is 37.5. The summed E-state index contributed by atoms with van der Waals surface area (Å²) in [5, 5.41) is 0. The second-order valence-corrected chi connectivity index (χ2v) is 19.9. The normalized spacial score (nSPS) is 13.1. The smallest absolute Gasteiger partial charge is 0.306 e. The van der Waals surface area contributed by atoms with Gasteiger partial charge >= 0.3 is 17.9 Å². The van der Waals surface area contributed by atoms with Gasteiger partial charge < -0.3 is 14.2 Å². The molecule has 0 aromatic carbocycles. The SMILES string of the molecule is CC/C=C\C/C=C\C/C=C\C/C=C\C/C=C\C/C=C\C/C=C\C/C=C\C/C=C\CCCCCC(=O)OCC(COC(=O)CCCCCCC/C=C\CCCCC)OC(=O)CCCCCCC/C=C\C/C=C\CCCCC. The molecule has 76 heavy (non-hydrogen) atoms. The molecule has 0 aliphatic heterocycles. The molecule has 6 nitrogen and oxygen atoms in total. The van der Waals surface area contributed by atoms with Gasteiger partial charge in [0.2, 0.25) is 0 Å². The van der Waals surface area contributed by atoms with E-state index in [4.69, 9.17) is 14.2 Å². The van der Waals surface area contributed by atoms with Crippen LogP contribution in [0.25, 0.3) is 0 Å².